The van der Waals surface area contributed by atoms with Gasteiger partial charge in [0.25, 0.3) is 0 Å². The van der Waals surface area contributed by atoms with Gasteiger partial charge in [-0.1, -0.05) is 0 Å². The highest BCUT2D eigenvalue weighted by Gasteiger charge is 2.08. The van der Waals surface area contributed by atoms with E-state index in [2.05, 4.69) is 55.7 Å². The summed E-state index contributed by atoms with van der Waals surface area (Å²) < 4.78 is 2.28. The van der Waals surface area contributed by atoms with E-state index in [9.17, 15) is 0 Å². The van der Waals surface area contributed by atoms with Gasteiger partial charge >= 0.3 is 0 Å². The lowest BCUT2D eigenvalue weighted by atomic mass is 10.3. The summed E-state index contributed by atoms with van der Waals surface area (Å²) in [7, 11) is 0. The molecular formula is C12H10BrN3S2. The Hall–Kier alpha value is -0.980. The number of aryl methyl sites for hydroxylation is 1. The Kier molecular flexibility index (Phi) is 3.32. The number of halogens is 1. The number of hydrogen-bond donors (Lipinski definition) is 1. The fraction of sp³-hybridized carbons (Fsp3) is 0.167. The Labute approximate surface area is 121 Å². The Morgan fingerprint density at radius 1 is 1.33 bits per heavy atom. The predicted molar refractivity (Wildman–Crippen MR) is 81.5 cm³/mol. The van der Waals surface area contributed by atoms with Crippen LogP contribution in [-0.2, 0) is 6.54 Å². The number of anilines is 1. The minimum absolute atomic E-state index is 0.791. The van der Waals surface area contributed by atoms with Gasteiger partial charge in [0.05, 0.1) is 20.5 Å². The van der Waals surface area contributed by atoms with Crippen molar-refractivity contribution in [2.24, 2.45) is 0 Å². The molecule has 0 fully saturated rings. The number of nitrogens with one attached hydrogen (secondary N) is 1. The van der Waals surface area contributed by atoms with Crippen molar-refractivity contribution >= 4 is 54.6 Å². The van der Waals surface area contributed by atoms with E-state index in [1.165, 1.54) is 10.4 Å². The lowest BCUT2D eigenvalue weighted by molar-refractivity contribution is 1.13. The molecule has 0 saturated heterocycles. The summed E-state index contributed by atoms with van der Waals surface area (Å²) in [5.74, 6) is 0.919. The first-order valence-corrected chi connectivity index (χ1v) is 7.90. The first-order chi connectivity index (χ1) is 8.74. The smallest absolute Gasteiger partial charge is 0.147 e. The number of thiophene rings is 2. The average molecular weight is 340 g/mol. The Balaban J connectivity index is 1.86. The van der Waals surface area contributed by atoms with Crippen LogP contribution in [0.2, 0.25) is 0 Å². The van der Waals surface area contributed by atoms with E-state index in [1.807, 2.05) is 0 Å². The quantitative estimate of drug-likeness (QED) is 0.766. The molecule has 6 heteroatoms. The molecule has 0 aliphatic heterocycles. The molecule has 0 bridgehead atoms. The molecular weight excluding hydrogens is 330 g/mol. The van der Waals surface area contributed by atoms with Crippen molar-refractivity contribution < 1.29 is 0 Å². The second-order valence-corrected chi connectivity index (χ2v) is 7.31. The van der Waals surface area contributed by atoms with Crippen LogP contribution in [0.5, 0.6) is 0 Å². The monoisotopic (exact) mass is 339 g/mol. The number of fused-ring (bicyclic) bond motifs is 1. The summed E-state index contributed by atoms with van der Waals surface area (Å²) in [5.41, 5.74) is 2.25. The van der Waals surface area contributed by atoms with Gasteiger partial charge in [-0.05, 0) is 45.9 Å². The molecule has 0 aliphatic rings. The van der Waals surface area contributed by atoms with Crippen LogP contribution in [0.3, 0.4) is 0 Å². The molecule has 92 valence electrons. The first-order valence-electron chi connectivity index (χ1n) is 5.41. The van der Waals surface area contributed by atoms with E-state index in [1.54, 1.807) is 29.0 Å². The molecule has 3 aromatic heterocycles. The molecule has 0 atom stereocenters. The molecule has 3 heterocycles. The molecule has 0 unspecified atom stereocenters. The van der Waals surface area contributed by atoms with Crippen LogP contribution in [0, 0.1) is 6.92 Å². The summed E-state index contributed by atoms with van der Waals surface area (Å²) in [6.45, 7) is 2.87. The SMILES string of the molecule is Cc1csc2c(NCc3ccc(Br)s3)ncnc12. The highest BCUT2D eigenvalue weighted by atomic mass is 79.9. The van der Waals surface area contributed by atoms with Crippen molar-refractivity contribution in [2.75, 3.05) is 5.32 Å². The molecule has 1 N–H and O–H groups in total. The molecule has 3 rings (SSSR count). The van der Waals surface area contributed by atoms with E-state index in [4.69, 9.17) is 0 Å². The van der Waals surface area contributed by atoms with Crippen molar-refractivity contribution in [1.82, 2.24) is 9.97 Å². The lowest BCUT2D eigenvalue weighted by Crippen LogP contribution is -2.00. The maximum absolute atomic E-state index is 4.32. The highest BCUT2D eigenvalue weighted by Crippen LogP contribution is 2.29. The van der Waals surface area contributed by atoms with Crippen LogP contribution in [0.15, 0.2) is 27.6 Å². The molecule has 0 spiro atoms. The zero-order valence-corrected chi connectivity index (χ0v) is 12.8. The highest BCUT2D eigenvalue weighted by molar-refractivity contribution is 9.11. The molecule has 3 aromatic rings. The van der Waals surface area contributed by atoms with Crippen LogP contribution in [-0.4, -0.2) is 9.97 Å². The van der Waals surface area contributed by atoms with Gasteiger partial charge < -0.3 is 5.32 Å². The van der Waals surface area contributed by atoms with E-state index < -0.39 is 0 Å². The van der Waals surface area contributed by atoms with Gasteiger partial charge in [0.1, 0.15) is 12.1 Å². The summed E-state index contributed by atoms with van der Waals surface area (Å²) in [6, 6.07) is 4.17. The number of nitrogens with zero attached hydrogens (tertiary/aromatic N) is 2. The van der Waals surface area contributed by atoms with Gasteiger partial charge in [-0.15, -0.1) is 22.7 Å². The van der Waals surface area contributed by atoms with E-state index in [-0.39, 0.29) is 0 Å². The summed E-state index contributed by atoms with van der Waals surface area (Å²) in [4.78, 5) is 9.92. The zero-order chi connectivity index (χ0) is 12.5. The van der Waals surface area contributed by atoms with Crippen molar-refractivity contribution in [3.05, 3.63) is 38.1 Å². The number of hydrogen-bond acceptors (Lipinski definition) is 5. The van der Waals surface area contributed by atoms with Gasteiger partial charge in [-0.2, -0.15) is 0 Å². The molecule has 0 saturated carbocycles. The van der Waals surface area contributed by atoms with Crippen LogP contribution < -0.4 is 5.32 Å². The van der Waals surface area contributed by atoms with Gasteiger partial charge in [-0.25, -0.2) is 9.97 Å². The lowest BCUT2D eigenvalue weighted by Gasteiger charge is -2.04. The van der Waals surface area contributed by atoms with Crippen LogP contribution >= 0.6 is 38.6 Å². The van der Waals surface area contributed by atoms with E-state index in [0.29, 0.717) is 0 Å². The summed E-state index contributed by atoms with van der Waals surface area (Å²) >= 11 is 6.89. The fourth-order valence-electron chi connectivity index (χ4n) is 1.71. The zero-order valence-electron chi connectivity index (χ0n) is 9.61. The van der Waals surface area contributed by atoms with E-state index >= 15 is 0 Å². The van der Waals surface area contributed by atoms with Gasteiger partial charge in [0.2, 0.25) is 0 Å². The van der Waals surface area contributed by atoms with Gasteiger partial charge in [0, 0.05) is 4.88 Å². The minimum Gasteiger partial charge on any atom is -0.364 e. The molecule has 18 heavy (non-hydrogen) atoms. The summed E-state index contributed by atoms with van der Waals surface area (Å²) in [5, 5.41) is 5.50. The third kappa shape index (κ3) is 2.28. The van der Waals surface area contributed by atoms with E-state index in [0.717, 1.165) is 26.4 Å². The standard InChI is InChI=1S/C12H10BrN3S2/c1-7-5-17-11-10(7)15-6-16-12(11)14-4-8-2-3-9(13)18-8/h2-3,5-6H,4H2,1H3,(H,14,15,16). The Morgan fingerprint density at radius 3 is 3.00 bits per heavy atom. The van der Waals surface area contributed by atoms with Crippen LogP contribution in [0.4, 0.5) is 5.82 Å². The Morgan fingerprint density at radius 2 is 2.22 bits per heavy atom. The number of rotatable bonds is 3. The minimum atomic E-state index is 0.791. The molecule has 3 nitrogen and oxygen atoms in total. The van der Waals surface area contributed by atoms with Gasteiger partial charge in [-0.3, -0.25) is 0 Å². The first kappa shape index (κ1) is 12.1. The third-order valence-corrected chi connectivity index (χ3v) is 5.31. The molecule has 0 amide bonds. The second kappa shape index (κ2) is 4.95. The largest absolute Gasteiger partial charge is 0.364 e. The van der Waals surface area contributed by atoms with Gasteiger partial charge in [0.15, 0.2) is 0 Å². The third-order valence-electron chi connectivity index (χ3n) is 2.59. The van der Waals surface area contributed by atoms with Crippen molar-refractivity contribution in [1.29, 1.82) is 0 Å². The summed E-state index contributed by atoms with van der Waals surface area (Å²) in [6.07, 6.45) is 1.62. The van der Waals surface area contributed by atoms with Crippen molar-refractivity contribution in [2.45, 2.75) is 13.5 Å². The average Bonchev–Trinajstić information content (AvgIpc) is 2.94. The molecule has 0 aliphatic carbocycles. The topological polar surface area (TPSA) is 37.8 Å². The predicted octanol–water partition coefficient (Wildman–Crippen LogP) is 4.44. The maximum atomic E-state index is 4.32. The normalized spacial score (nSPS) is 11.0. The molecule has 0 radical (unpaired) electrons. The van der Waals surface area contributed by atoms with Crippen molar-refractivity contribution in [3.8, 4) is 0 Å². The fourth-order valence-corrected chi connectivity index (χ4v) is 4.10. The van der Waals surface area contributed by atoms with Crippen LogP contribution in [0.1, 0.15) is 10.4 Å². The Bertz CT molecular complexity index is 690. The second-order valence-electron chi connectivity index (χ2n) is 3.88. The van der Waals surface area contributed by atoms with Crippen molar-refractivity contribution in [3.63, 3.8) is 0 Å². The molecule has 0 aromatic carbocycles. The van der Waals surface area contributed by atoms with Crippen LogP contribution in [0.25, 0.3) is 10.2 Å². The number of aromatic nitrogens is 2. The maximum Gasteiger partial charge on any atom is 0.147 e.